The van der Waals surface area contributed by atoms with Crippen LogP contribution in [0.5, 0.6) is 0 Å². The second kappa shape index (κ2) is 15.4. The molecule has 0 spiro atoms. The van der Waals surface area contributed by atoms with Crippen molar-refractivity contribution in [2.75, 3.05) is 0 Å². The molecule has 0 aromatic rings. The van der Waals surface area contributed by atoms with E-state index in [4.69, 9.17) is 0 Å². The summed E-state index contributed by atoms with van der Waals surface area (Å²) < 4.78 is 132. The molecule has 4 nitrogen and oxygen atoms in total. The van der Waals surface area contributed by atoms with Crippen LogP contribution in [0.25, 0.3) is 0 Å². The molecule has 0 N–H and O–H groups in total. The SMILES string of the molecule is CC(C)(CCCCCCCCCCCCCCCCCC(F)(F)F)OS(=O)(=O)[O-].F[As-](F)(F)(F)(F)F. The van der Waals surface area contributed by atoms with Crippen molar-refractivity contribution in [1.82, 2.24) is 0 Å². The third-order valence-electron chi connectivity index (χ3n) is 5.07. The summed E-state index contributed by atoms with van der Waals surface area (Å²) in [5, 5.41) is 0. The summed E-state index contributed by atoms with van der Waals surface area (Å²) in [7, 11) is -4.65. The molecule has 0 saturated carbocycles. The zero-order valence-corrected chi connectivity index (χ0v) is 23.6. The first kappa shape index (κ1) is 37.9. The van der Waals surface area contributed by atoms with Gasteiger partial charge in [-0.3, -0.25) is 4.18 Å². The average Bonchev–Trinajstić information content (AvgIpc) is 2.58. The van der Waals surface area contributed by atoms with Crippen LogP contribution in [0, 0.1) is 0 Å². The molecular weight excluding hydrogens is 594 g/mol. The predicted molar refractivity (Wildman–Crippen MR) is 122 cm³/mol. The van der Waals surface area contributed by atoms with E-state index in [0.717, 1.165) is 38.5 Å². The van der Waals surface area contributed by atoms with Gasteiger partial charge >= 0.3 is 41.1 Å². The first-order valence-electron chi connectivity index (χ1n) is 12.2. The Balaban J connectivity index is 0. The number of alkyl halides is 3. The van der Waals surface area contributed by atoms with E-state index in [1.54, 1.807) is 13.8 Å². The fourth-order valence-electron chi connectivity index (χ4n) is 3.49. The molecule has 0 aliphatic carbocycles. The van der Waals surface area contributed by atoms with Crippen LogP contribution in [0.3, 0.4) is 0 Å². The molecule has 0 unspecified atom stereocenters. The second-order valence-corrected chi connectivity index (χ2v) is 14.6. The predicted octanol–water partition coefficient (Wildman–Crippen LogP) is 9.58. The van der Waals surface area contributed by atoms with Gasteiger partial charge in [-0.1, -0.05) is 89.9 Å². The van der Waals surface area contributed by atoms with E-state index in [2.05, 4.69) is 4.18 Å². The summed E-state index contributed by atoms with van der Waals surface area (Å²) in [5.41, 5.74) is -0.927. The van der Waals surface area contributed by atoms with Gasteiger partial charge in [0.2, 0.25) is 10.4 Å². The molecule has 0 radical (unpaired) electrons. The summed E-state index contributed by atoms with van der Waals surface area (Å²) in [6.07, 6.45) is 11.3. The molecule has 0 atom stereocenters. The summed E-state index contributed by atoms with van der Waals surface area (Å²) in [4.78, 5) is 0. The molecule has 0 rings (SSSR count). The van der Waals surface area contributed by atoms with Crippen molar-refractivity contribution in [3.05, 3.63) is 0 Å². The Bertz CT molecular complexity index is 668. The van der Waals surface area contributed by atoms with Gasteiger partial charge in [0.05, 0.1) is 5.60 Å². The molecule has 0 amide bonds. The van der Waals surface area contributed by atoms with Gasteiger partial charge in [0.25, 0.3) is 0 Å². The number of rotatable bonds is 19. The molecule has 0 aromatic heterocycles. The molecule has 0 saturated heterocycles. The van der Waals surface area contributed by atoms with Crippen LogP contribution in [-0.4, -0.2) is 38.9 Å². The zero-order chi connectivity index (χ0) is 28.6. The van der Waals surface area contributed by atoms with Crippen molar-refractivity contribution >= 4 is 24.6 Å². The van der Waals surface area contributed by atoms with Gasteiger partial charge in [-0.15, -0.1) is 0 Å². The van der Waals surface area contributed by atoms with Crippen LogP contribution in [0.1, 0.15) is 123 Å². The molecule has 0 fully saturated rings. The summed E-state index contributed by atoms with van der Waals surface area (Å²) in [6.45, 7) is 3.24. The molecule has 15 heteroatoms. The van der Waals surface area contributed by atoms with Crippen LogP contribution in [-0.2, 0) is 14.6 Å². The van der Waals surface area contributed by atoms with Crippen LogP contribution < -0.4 is 0 Å². The van der Waals surface area contributed by atoms with Gasteiger partial charge < -0.3 is 4.55 Å². The van der Waals surface area contributed by atoms with Crippen molar-refractivity contribution in [3.8, 4) is 0 Å². The van der Waals surface area contributed by atoms with Crippen LogP contribution in [0.2, 0.25) is 0 Å². The minimum atomic E-state index is -11.1. The number of hydrogen-bond acceptors (Lipinski definition) is 4. The Kier molecular flexibility index (Phi) is 16.2. The third kappa shape index (κ3) is 47.1. The summed E-state index contributed by atoms with van der Waals surface area (Å²) in [6, 6.07) is 0. The summed E-state index contributed by atoms with van der Waals surface area (Å²) in [5.74, 6) is 0. The Labute approximate surface area is 210 Å². The third-order valence-corrected chi connectivity index (χ3v) is 5.72. The van der Waals surface area contributed by atoms with Gasteiger partial charge in [0, 0.05) is 6.42 Å². The van der Waals surface area contributed by atoms with Gasteiger partial charge in [-0.2, -0.15) is 13.2 Å². The van der Waals surface area contributed by atoms with Crippen molar-refractivity contribution in [2.24, 2.45) is 0 Å². The standard InChI is InChI=1S/C21H41F3O4S.AsF6/c1-20(2,28-29(25,26)27)18-16-14-12-10-8-6-4-3-5-7-9-11-13-15-17-19-21(22,23)24;2-1(3,4,5,6)7/h3-19H2,1-2H3,(H,25,26,27);/q;-1/p-1. The van der Waals surface area contributed by atoms with E-state index in [1.165, 1.54) is 44.9 Å². The van der Waals surface area contributed by atoms with Gasteiger partial charge in [0.1, 0.15) is 0 Å². The molecule has 0 aromatic carbocycles. The second-order valence-electron chi connectivity index (χ2n) is 9.63. The average molecular weight is 635 g/mol. The zero-order valence-electron chi connectivity index (χ0n) is 20.9. The minimum absolute atomic E-state index is 0.261. The Morgan fingerprint density at radius 2 is 0.806 bits per heavy atom. The van der Waals surface area contributed by atoms with Gasteiger partial charge in [-0.05, 0) is 26.7 Å². The van der Waals surface area contributed by atoms with E-state index < -0.39 is 42.8 Å². The first-order chi connectivity index (χ1) is 15.9. The van der Waals surface area contributed by atoms with Gasteiger partial charge in [0.15, 0.2) is 0 Å². The molecule has 0 aliphatic heterocycles. The number of unbranched alkanes of at least 4 members (excludes halogenated alkanes) is 14. The maximum absolute atomic E-state index is 12.0. The topological polar surface area (TPSA) is 66.4 Å². The monoisotopic (exact) mass is 634 g/mol. The fourth-order valence-corrected chi connectivity index (χ4v) is 4.13. The van der Waals surface area contributed by atoms with E-state index in [-0.39, 0.29) is 6.42 Å². The number of hydrogen-bond donors (Lipinski definition) is 0. The van der Waals surface area contributed by atoms with Crippen molar-refractivity contribution in [2.45, 2.75) is 135 Å². The molecule has 0 bridgehead atoms. The van der Waals surface area contributed by atoms with Crippen molar-refractivity contribution < 1.29 is 51.1 Å². The van der Waals surface area contributed by atoms with Crippen LogP contribution in [0.4, 0.5) is 34.0 Å². The Morgan fingerprint density at radius 1 is 0.583 bits per heavy atom. The Hall–Kier alpha value is -0.202. The quantitative estimate of drug-likeness (QED) is 0.0467. The molecular formula is C21H40AsF9O4S-2. The maximum atomic E-state index is 12.0. The fraction of sp³-hybridized carbons (Fsp3) is 1.00. The van der Waals surface area contributed by atoms with E-state index in [0.29, 0.717) is 12.8 Å². The molecule has 224 valence electrons. The van der Waals surface area contributed by atoms with E-state index in [9.17, 15) is 46.9 Å². The van der Waals surface area contributed by atoms with E-state index >= 15 is 0 Å². The normalized spacial score (nSPS) is 15.1. The number of halogens is 9. The van der Waals surface area contributed by atoms with Crippen molar-refractivity contribution in [1.29, 1.82) is 0 Å². The van der Waals surface area contributed by atoms with Crippen LogP contribution in [0.15, 0.2) is 0 Å². The Morgan fingerprint density at radius 3 is 1.03 bits per heavy atom. The molecule has 36 heavy (non-hydrogen) atoms. The molecule has 0 heterocycles. The molecule has 0 aliphatic rings. The summed E-state index contributed by atoms with van der Waals surface area (Å²) >= 11 is -11.1. The van der Waals surface area contributed by atoms with Crippen molar-refractivity contribution in [3.63, 3.8) is 0 Å². The van der Waals surface area contributed by atoms with E-state index in [1.807, 2.05) is 0 Å². The van der Waals surface area contributed by atoms with Gasteiger partial charge in [-0.25, -0.2) is 8.42 Å². The first-order valence-corrected chi connectivity index (χ1v) is 17.7. The van der Waals surface area contributed by atoms with Crippen LogP contribution >= 0.6 is 0 Å².